The molecule has 1 aromatic carbocycles. The van der Waals surface area contributed by atoms with Gasteiger partial charge >= 0.3 is 5.97 Å². The van der Waals surface area contributed by atoms with Gasteiger partial charge in [-0.2, -0.15) is 0 Å². The highest BCUT2D eigenvalue weighted by atomic mass is 16.4. The van der Waals surface area contributed by atoms with Crippen molar-refractivity contribution in [3.05, 3.63) is 35.4 Å². The Morgan fingerprint density at radius 3 is 2.64 bits per heavy atom. The van der Waals surface area contributed by atoms with E-state index >= 15 is 0 Å². The van der Waals surface area contributed by atoms with Crippen LogP contribution in [-0.4, -0.2) is 33.4 Å². The lowest BCUT2D eigenvalue weighted by atomic mass is 9.70. The van der Waals surface area contributed by atoms with Crippen molar-refractivity contribution in [3.8, 4) is 11.5 Å². The lowest BCUT2D eigenvalue weighted by Gasteiger charge is -2.31. The Labute approximate surface area is 126 Å². The molecule has 0 saturated carbocycles. The van der Waals surface area contributed by atoms with E-state index in [1.807, 2.05) is 0 Å². The number of benzene rings is 1. The Balaban J connectivity index is 2.31. The van der Waals surface area contributed by atoms with Gasteiger partial charge in [-0.15, -0.1) is 0 Å². The highest BCUT2D eigenvalue weighted by Gasteiger charge is 2.42. The minimum Gasteiger partial charge on any atom is -0.508 e. The minimum absolute atomic E-state index is 0.0167. The quantitative estimate of drug-likeness (QED) is 0.436. The Morgan fingerprint density at radius 1 is 1.27 bits per heavy atom. The number of ketones is 1. The zero-order valence-corrected chi connectivity index (χ0v) is 11.8. The van der Waals surface area contributed by atoms with Crippen LogP contribution < -0.4 is 0 Å². The first-order chi connectivity index (χ1) is 10.4. The summed E-state index contributed by atoms with van der Waals surface area (Å²) in [7, 11) is 0. The SMILES string of the molecule is O=CC1=CCCC(CC(=O)c2cc(O)ccc2O)(C(=O)O)C1. The fourth-order valence-electron chi connectivity index (χ4n) is 2.73. The maximum Gasteiger partial charge on any atom is 0.310 e. The molecule has 1 aliphatic rings. The number of rotatable bonds is 5. The molecule has 0 radical (unpaired) electrons. The summed E-state index contributed by atoms with van der Waals surface area (Å²) in [5.74, 6) is -2.23. The number of aldehydes is 1. The Kier molecular flexibility index (Phi) is 4.30. The molecule has 0 spiro atoms. The molecule has 0 aromatic heterocycles. The van der Waals surface area contributed by atoms with Crippen molar-refractivity contribution >= 4 is 18.0 Å². The highest BCUT2D eigenvalue weighted by Crippen LogP contribution is 2.41. The van der Waals surface area contributed by atoms with Crippen LogP contribution in [0.1, 0.15) is 36.0 Å². The topological polar surface area (TPSA) is 112 Å². The molecule has 6 nitrogen and oxygen atoms in total. The van der Waals surface area contributed by atoms with Crippen LogP contribution in [0.3, 0.4) is 0 Å². The van der Waals surface area contributed by atoms with Gasteiger partial charge in [0.05, 0.1) is 11.0 Å². The summed E-state index contributed by atoms with van der Waals surface area (Å²) in [6, 6.07) is 3.51. The maximum atomic E-state index is 12.3. The molecule has 6 heteroatoms. The molecule has 1 unspecified atom stereocenters. The summed E-state index contributed by atoms with van der Waals surface area (Å²) >= 11 is 0. The number of hydrogen-bond donors (Lipinski definition) is 3. The van der Waals surface area contributed by atoms with Crippen LogP contribution in [0.25, 0.3) is 0 Å². The highest BCUT2D eigenvalue weighted by molar-refractivity contribution is 6.01. The third-order valence-corrected chi connectivity index (χ3v) is 3.96. The van der Waals surface area contributed by atoms with Crippen LogP contribution in [-0.2, 0) is 9.59 Å². The monoisotopic (exact) mass is 304 g/mol. The molecule has 0 fully saturated rings. The molecule has 1 aliphatic carbocycles. The van der Waals surface area contributed by atoms with Crippen molar-refractivity contribution in [1.29, 1.82) is 0 Å². The smallest absolute Gasteiger partial charge is 0.310 e. The standard InChI is InChI=1S/C16H16O6/c17-9-10-2-1-5-16(7-10,15(21)22)8-14(20)12-6-11(18)3-4-13(12)19/h2-4,6,9,18-19H,1,5,7-8H2,(H,21,22). The zero-order valence-electron chi connectivity index (χ0n) is 11.8. The average Bonchev–Trinajstić information content (AvgIpc) is 2.49. The Bertz CT molecular complexity index is 661. The summed E-state index contributed by atoms with van der Waals surface area (Å²) in [5, 5.41) is 28.6. The molecule has 116 valence electrons. The second-order valence-corrected chi connectivity index (χ2v) is 5.50. The van der Waals surface area contributed by atoms with E-state index in [0.717, 1.165) is 6.07 Å². The van der Waals surface area contributed by atoms with Gasteiger partial charge in [0.25, 0.3) is 0 Å². The van der Waals surface area contributed by atoms with Crippen molar-refractivity contribution in [2.24, 2.45) is 5.41 Å². The van der Waals surface area contributed by atoms with Gasteiger partial charge in [0.2, 0.25) is 0 Å². The van der Waals surface area contributed by atoms with Gasteiger partial charge in [-0.25, -0.2) is 0 Å². The normalized spacial score (nSPS) is 21.0. The molecule has 22 heavy (non-hydrogen) atoms. The van der Waals surface area contributed by atoms with E-state index in [2.05, 4.69) is 0 Å². The number of carboxylic acids is 1. The zero-order chi connectivity index (χ0) is 16.3. The number of hydrogen-bond acceptors (Lipinski definition) is 5. The number of carbonyl (C=O) groups is 3. The Hall–Kier alpha value is -2.63. The van der Waals surface area contributed by atoms with Crippen molar-refractivity contribution in [2.45, 2.75) is 25.7 Å². The van der Waals surface area contributed by atoms with E-state index in [1.165, 1.54) is 12.1 Å². The van der Waals surface area contributed by atoms with Crippen LogP contribution in [0.4, 0.5) is 0 Å². The van der Waals surface area contributed by atoms with Gasteiger partial charge in [-0.3, -0.25) is 14.4 Å². The minimum atomic E-state index is -1.36. The van der Waals surface area contributed by atoms with Crippen LogP contribution in [0.2, 0.25) is 0 Å². The predicted molar refractivity (Wildman–Crippen MR) is 76.8 cm³/mol. The van der Waals surface area contributed by atoms with Crippen molar-refractivity contribution in [3.63, 3.8) is 0 Å². The molecular formula is C16H16O6. The van der Waals surface area contributed by atoms with Gasteiger partial charge in [0.1, 0.15) is 17.8 Å². The largest absolute Gasteiger partial charge is 0.508 e. The van der Waals surface area contributed by atoms with Gasteiger partial charge < -0.3 is 15.3 Å². The van der Waals surface area contributed by atoms with Crippen LogP contribution >= 0.6 is 0 Å². The lowest BCUT2D eigenvalue weighted by molar-refractivity contribution is -0.149. The number of phenols is 2. The van der Waals surface area contributed by atoms with E-state index in [4.69, 9.17) is 0 Å². The van der Waals surface area contributed by atoms with Gasteiger partial charge in [0, 0.05) is 6.42 Å². The van der Waals surface area contributed by atoms with Crippen molar-refractivity contribution < 1.29 is 29.7 Å². The van der Waals surface area contributed by atoms with E-state index < -0.39 is 17.2 Å². The first-order valence-corrected chi connectivity index (χ1v) is 6.81. The van der Waals surface area contributed by atoms with E-state index in [-0.39, 0.29) is 36.3 Å². The van der Waals surface area contributed by atoms with E-state index in [0.29, 0.717) is 18.3 Å². The van der Waals surface area contributed by atoms with Gasteiger partial charge in [-0.1, -0.05) is 6.08 Å². The number of Topliss-reactive ketones (excluding diaryl/α,β-unsaturated/α-hetero) is 1. The summed E-state index contributed by atoms with van der Waals surface area (Å²) in [5.41, 5.74) is -1.12. The van der Waals surface area contributed by atoms with Crippen molar-refractivity contribution in [2.75, 3.05) is 0 Å². The van der Waals surface area contributed by atoms with Crippen LogP contribution in [0, 0.1) is 5.41 Å². The maximum absolute atomic E-state index is 12.3. The fourth-order valence-corrected chi connectivity index (χ4v) is 2.73. The number of phenolic OH excluding ortho intramolecular Hbond substituents is 2. The number of aliphatic carboxylic acids is 1. The third-order valence-electron chi connectivity index (χ3n) is 3.96. The fraction of sp³-hybridized carbons (Fsp3) is 0.312. The first-order valence-electron chi connectivity index (χ1n) is 6.81. The van der Waals surface area contributed by atoms with Crippen molar-refractivity contribution in [1.82, 2.24) is 0 Å². The second-order valence-electron chi connectivity index (χ2n) is 5.50. The summed E-state index contributed by atoms with van der Waals surface area (Å²) in [4.78, 5) is 34.9. The molecule has 0 bridgehead atoms. The lowest BCUT2D eigenvalue weighted by Crippen LogP contribution is -2.36. The average molecular weight is 304 g/mol. The van der Waals surface area contributed by atoms with Gasteiger partial charge in [-0.05, 0) is 43.0 Å². The van der Waals surface area contributed by atoms with E-state index in [9.17, 15) is 29.7 Å². The molecule has 2 rings (SSSR count). The molecule has 1 aromatic rings. The summed E-state index contributed by atoms with van der Waals surface area (Å²) < 4.78 is 0. The third kappa shape index (κ3) is 3.00. The Morgan fingerprint density at radius 2 is 2.00 bits per heavy atom. The number of carbonyl (C=O) groups excluding carboxylic acids is 2. The second kappa shape index (κ2) is 6.01. The number of carboxylic acid groups (broad SMARTS) is 1. The van der Waals surface area contributed by atoms with Crippen LogP contribution in [0.5, 0.6) is 11.5 Å². The molecule has 0 aliphatic heterocycles. The first kappa shape index (κ1) is 15.8. The molecule has 0 heterocycles. The summed E-state index contributed by atoms with van der Waals surface area (Å²) in [6.07, 6.45) is 2.56. The molecular weight excluding hydrogens is 288 g/mol. The summed E-state index contributed by atoms with van der Waals surface area (Å²) in [6.45, 7) is 0. The number of aromatic hydroxyl groups is 2. The van der Waals surface area contributed by atoms with Crippen LogP contribution in [0.15, 0.2) is 29.8 Å². The van der Waals surface area contributed by atoms with E-state index in [1.54, 1.807) is 6.08 Å². The molecule has 3 N–H and O–H groups in total. The number of allylic oxidation sites excluding steroid dienone is 2. The molecule has 1 atom stereocenters. The molecule has 0 saturated heterocycles. The van der Waals surface area contributed by atoms with Gasteiger partial charge in [0.15, 0.2) is 5.78 Å². The predicted octanol–water partition coefficient (Wildman–Crippen LogP) is 2.05. The molecule has 0 amide bonds.